The van der Waals surface area contributed by atoms with E-state index in [2.05, 4.69) is 23.1 Å². The van der Waals surface area contributed by atoms with Crippen molar-refractivity contribution in [3.63, 3.8) is 0 Å². The maximum Gasteiger partial charge on any atom is 0.354 e. The summed E-state index contributed by atoms with van der Waals surface area (Å²) < 4.78 is 0. The van der Waals surface area contributed by atoms with Gasteiger partial charge in [-0.15, -0.1) is 0 Å². The SMILES string of the molecule is CCC(CSC)N(C)c1cc(C(=O)O)nc2ccccc12. The first kappa shape index (κ1) is 15.6. The highest BCUT2D eigenvalue weighted by atomic mass is 32.2. The Labute approximate surface area is 129 Å². The zero-order valence-electron chi connectivity index (χ0n) is 12.5. The van der Waals surface area contributed by atoms with Gasteiger partial charge in [-0.2, -0.15) is 11.8 Å². The number of anilines is 1. The summed E-state index contributed by atoms with van der Waals surface area (Å²) in [5, 5.41) is 10.3. The summed E-state index contributed by atoms with van der Waals surface area (Å²) in [6.07, 6.45) is 3.10. The quantitative estimate of drug-likeness (QED) is 0.885. The monoisotopic (exact) mass is 304 g/mol. The van der Waals surface area contributed by atoms with E-state index in [1.54, 1.807) is 17.8 Å². The molecule has 0 aliphatic carbocycles. The third-order valence-corrected chi connectivity index (χ3v) is 4.39. The average molecular weight is 304 g/mol. The molecule has 0 saturated carbocycles. The third kappa shape index (κ3) is 3.29. The van der Waals surface area contributed by atoms with Crippen molar-refractivity contribution in [1.29, 1.82) is 0 Å². The number of pyridine rings is 1. The molecule has 0 saturated heterocycles. The van der Waals surface area contributed by atoms with E-state index < -0.39 is 5.97 Å². The number of carboxylic acids is 1. The van der Waals surface area contributed by atoms with E-state index in [9.17, 15) is 9.90 Å². The molecule has 5 heteroatoms. The van der Waals surface area contributed by atoms with Crippen LogP contribution in [0.1, 0.15) is 23.8 Å². The number of fused-ring (bicyclic) bond motifs is 1. The predicted molar refractivity (Wildman–Crippen MR) is 89.6 cm³/mol. The van der Waals surface area contributed by atoms with Crippen LogP contribution in [0.3, 0.4) is 0 Å². The second kappa shape index (κ2) is 6.80. The third-order valence-electron chi connectivity index (χ3n) is 3.67. The summed E-state index contributed by atoms with van der Waals surface area (Å²) in [5.74, 6) is 0.0137. The fourth-order valence-electron chi connectivity index (χ4n) is 2.45. The smallest absolute Gasteiger partial charge is 0.354 e. The van der Waals surface area contributed by atoms with Crippen LogP contribution in [0.2, 0.25) is 0 Å². The second-order valence-electron chi connectivity index (χ2n) is 4.98. The van der Waals surface area contributed by atoms with Crippen LogP contribution < -0.4 is 4.90 Å². The Kier molecular flexibility index (Phi) is 5.07. The van der Waals surface area contributed by atoms with Crippen molar-refractivity contribution in [1.82, 2.24) is 4.98 Å². The lowest BCUT2D eigenvalue weighted by atomic mass is 10.1. The summed E-state index contributed by atoms with van der Waals surface area (Å²) in [7, 11) is 2.03. The number of aromatic nitrogens is 1. The molecule has 1 heterocycles. The van der Waals surface area contributed by atoms with Gasteiger partial charge < -0.3 is 10.0 Å². The Morgan fingerprint density at radius 3 is 2.76 bits per heavy atom. The van der Waals surface area contributed by atoms with Crippen LogP contribution in [-0.2, 0) is 0 Å². The van der Waals surface area contributed by atoms with Crippen LogP contribution in [0.15, 0.2) is 30.3 Å². The highest BCUT2D eigenvalue weighted by Crippen LogP contribution is 2.28. The number of carboxylic acid groups (broad SMARTS) is 1. The Balaban J connectivity index is 2.57. The number of rotatable bonds is 6. The first-order chi connectivity index (χ1) is 10.1. The first-order valence-electron chi connectivity index (χ1n) is 6.93. The number of hydrogen-bond donors (Lipinski definition) is 1. The molecule has 0 aliphatic rings. The van der Waals surface area contributed by atoms with Gasteiger partial charge in [-0.3, -0.25) is 0 Å². The molecular weight excluding hydrogens is 284 g/mol. The van der Waals surface area contributed by atoms with E-state index in [0.29, 0.717) is 6.04 Å². The minimum Gasteiger partial charge on any atom is -0.477 e. The number of thioether (sulfide) groups is 1. The van der Waals surface area contributed by atoms with Gasteiger partial charge in [0.25, 0.3) is 0 Å². The molecule has 4 nitrogen and oxygen atoms in total. The predicted octanol–water partition coefficient (Wildman–Crippen LogP) is 3.51. The molecule has 2 rings (SSSR count). The van der Waals surface area contributed by atoms with Gasteiger partial charge in [0, 0.05) is 29.9 Å². The van der Waals surface area contributed by atoms with E-state index in [-0.39, 0.29) is 5.69 Å². The Hall–Kier alpha value is -1.75. The number of carbonyl (C=O) groups is 1. The van der Waals surface area contributed by atoms with Crippen LogP contribution >= 0.6 is 11.8 Å². The van der Waals surface area contributed by atoms with Crippen molar-refractivity contribution in [3.8, 4) is 0 Å². The van der Waals surface area contributed by atoms with Crippen molar-refractivity contribution in [3.05, 3.63) is 36.0 Å². The van der Waals surface area contributed by atoms with Crippen LogP contribution in [0.5, 0.6) is 0 Å². The molecule has 0 amide bonds. The van der Waals surface area contributed by atoms with Crippen molar-refractivity contribution in [2.75, 3.05) is 24.0 Å². The van der Waals surface area contributed by atoms with Gasteiger partial charge in [-0.1, -0.05) is 25.1 Å². The zero-order valence-corrected chi connectivity index (χ0v) is 13.4. The van der Waals surface area contributed by atoms with Gasteiger partial charge in [0.1, 0.15) is 0 Å². The number of nitrogens with zero attached hydrogens (tertiary/aromatic N) is 2. The van der Waals surface area contributed by atoms with E-state index in [4.69, 9.17) is 0 Å². The highest BCUT2D eigenvalue weighted by Gasteiger charge is 2.18. The number of benzene rings is 1. The Bertz CT molecular complexity index is 645. The molecule has 1 unspecified atom stereocenters. The molecule has 0 aliphatic heterocycles. The topological polar surface area (TPSA) is 53.4 Å². The minimum absolute atomic E-state index is 0.0922. The molecule has 0 bridgehead atoms. The molecule has 0 fully saturated rings. The molecule has 21 heavy (non-hydrogen) atoms. The standard InChI is InChI=1S/C16H20N2O2S/c1-4-11(10-21-3)18(2)15-9-14(16(19)20)17-13-8-6-5-7-12(13)15/h5-9,11H,4,10H2,1-3H3,(H,19,20). The average Bonchev–Trinajstić information content (AvgIpc) is 2.50. The summed E-state index contributed by atoms with van der Waals surface area (Å²) in [5.41, 5.74) is 1.74. The first-order valence-corrected chi connectivity index (χ1v) is 8.32. The van der Waals surface area contributed by atoms with Crippen LogP contribution in [0.25, 0.3) is 10.9 Å². The number of para-hydroxylation sites is 1. The summed E-state index contributed by atoms with van der Waals surface area (Å²) in [4.78, 5) is 17.7. The van der Waals surface area contributed by atoms with Gasteiger partial charge >= 0.3 is 5.97 Å². The fraction of sp³-hybridized carbons (Fsp3) is 0.375. The Morgan fingerprint density at radius 2 is 2.14 bits per heavy atom. The van der Waals surface area contributed by atoms with E-state index in [1.165, 1.54) is 0 Å². The van der Waals surface area contributed by atoms with E-state index in [0.717, 1.165) is 28.8 Å². The molecular formula is C16H20N2O2S. The highest BCUT2D eigenvalue weighted by molar-refractivity contribution is 7.98. The lowest BCUT2D eigenvalue weighted by Gasteiger charge is -2.30. The van der Waals surface area contributed by atoms with Crippen LogP contribution in [0, 0.1) is 0 Å². The van der Waals surface area contributed by atoms with Crippen molar-refractivity contribution in [2.24, 2.45) is 0 Å². The van der Waals surface area contributed by atoms with E-state index >= 15 is 0 Å². The van der Waals surface area contributed by atoms with Gasteiger partial charge in [0.2, 0.25) is 0 Å². The molecule has 1 N–H and O–H groups in total. The molecule has 0 radical (unpaired) electrons. The molecule has 0 spiro atoms. The normalized spacial score (nSPS) is 12.3. The minimum atomic E-state index is -0.992. The maximum absolute atomic E-state index is 11.3. The molecule has 1 atom stereocenters. The molecule has 2 aromatic rings. The van der Waals surface area contributed by atoms with Gasteiger partial charge in [0.15, 0.2) is 5.69 Å². The van der Waals surface area contributed by atoms with Crippen molar-refractivity contribution >= 4 is 34.3 Å². The van der Waals surface area contributed by atoms with Gasteiger partial charge in [-0.05, 0) is 24.8 Å². The summed E-state index contributed by atoms with van der Waals surface area (Å²) >= 11 is 1.80. The van der Waals surface area contributed by atoms with Gasteiger partial charge in [-0.25, -0.2) is 9.78 Å². The largest absolute Gasteiger partial charge is 0.477 e. The van der Waals surface area contributed by atoms with E-state index in [1.807, 2.05) is 31.3 Å². The molecule has 112 valence electrons. The maximum atomic E-state index is 11.3. The molecule has 1 aromatic heterocycles. The summed E-state index contributed by atoms with van der Waals surface area (Å²) in [6.45, 7) is 2.15. The molecule has 1 aromatic carbocycles. The van der Waals surface area contributed by atoms with Crippen LogP contribution in [-0.4, -0.2) is 41.2 Å². The van der Waals surface area contributed by atoms with Crippen LogP contribution in [0.4, 0.5) is 5.69 Å². The fourth-order valence-corrected chi connectivity index (χ4v) is 3.30. The lowest BCUT2D eigenvalue weighted by molar-refractivity contribution is 0.0691. The zero-order chi connectivity index (χ0) is 15.4. The summed E-state index contributed by atoms with van der Waals surface area (Å²) in [6, 6.07) is 9.72. The van der Waals surface area contributed by atoms with Crippen molar-refractivity contribution < 1.29 is 9.90 Å². The second-order valence-corrected chi connectivity index (χ2v) is 5.89. The lowest BCUT2D eigenvalue weighted by Crippen LogP contribution is -2.33. The van der Waals surface area contributed by atoms with Gasteiger partial charge in [0.05, 0.1) is 5.52 Å². The number of hydrogen-bond acceptors (Lipinski definition) is 4. The Morgan fingerprint density at radius 1 is 1.43 bits per heavy atom. The number of aromatic carboxylic acids is 1. The van der Waals surface area contributed by atoms with Crippen molar-refractivity contribution in [2.45, 2.75) is 19.4 Å².